The van der Waals surface area contributed by atoms with E-state index < -0.39 is 0 Å². The van der Waals surface area contributed by atoms with Crippen LogP contribution in [0.15, 0.2) is 42.5 Å². The SMILES string of the molecule is Cc1cccc2c1[nH]c(=S)n2-c1ccc(I)cc1. The minimum absolute atomic E-state index is 0.737. The standard InChI is InChI=1S/C14H11IN2S/c1-9-3-2-4-12-13(9)16-14(18)17(12)11-7-5-10(15)6-8-11/h2-8H,1H3,(H,16,18). The highest BCUT2D eigenvalue weighted by Crippen LogP contribution is 2.22. The number of fused-ring (bicyclic) bond motifs is 1. The fourth-order valence-corrected chi connectivity index (χ4v) is 2.79. The van der Waals surface area contributed by atoms with E-state index in [0.29, 0.717) is 0 Å². The summed E-state index contributed by atoms with van der Waals surface area (Å²) in [6.45, 7) is 2.09. The van der Waals surface area contributed by atoms with E-state index >= 15 is 0 Å². The number of imidazole rings is 1. The molecule has 0 fully saturated rings. The average molecular weight is 366 g/mol. The van der Waals surface area contributed by atoms with Gasteiger partial charge in [0, 0.05) is 9.26 Å². The van der Waals surface area contributed by atoms with Crippen molar-refractivity contribution in [2.24, 2.45) is 0 Å². The van der Waals surface area contributed by atoms with Crippen molar-refractivity contribution in [2.75, 3.05) is 0 Å². The molecule has 0 aliphatic carbocycles. The highest BCUT2D eigenvalue weighted by atomic mass is 127. The van der Waals surface area contributed by atoms with Crippen LogP contribution in [-0.2, 0) is 0 Å². The molecule has 0 atom stereocenters. The lowest BCUT2D eigenvalue weighted by molar-refractivity contribution is 1.06. The summed E-state index contributed by atoms with van der Waals surface area (Å²) in [6, 6.07) is 14.6. The Balaban J connectivity index is 2.35. The minimum Gasteiger partial charge on any atom is -0.330 e. The van der Waals surface area contributed by atoms with Gasteiger partial charge in [0.25, 0.3) is 0 Å². The molecule has 0 aliphatic rings. The number of aromatic nitrogens is 2. The van der Waals surface area contributed by atoms with Crippen LogP contribution in [0.4, 0.5) is 0 Å². The van der Waals surface area contributed by atoms with Crippen LogP contribution in [0.5, 0.6) is 0 Å². The van der Waals surface area contributed by atoms with E-state index in [-0.39, 0.29) is 0 Å². The molecule has 0 spiro atoms. The van der Waals surface area contributed by atoms with Crippen LogP contribution in [0.3, 0.4) is 0 Å². The molecule has 0 radical (unpaired) electrons. The van der Waals surface area contributed by atoms with E-state index in [4.69, 9.17) is 12.2 Å². The predicted molar refractivity (Wildman–Crippen MR) is 85.9 cm³/mol. The molecule has 1 N–H and O–H groups in total. The summed E-state index contributed by atoms with van der Waals surface area (Å²) in [6.07, 6.45) is 0. The van der Waals surface area contributed by atoms with E-state index in [9.17, 15) is 0 Å². The molecule has 0 unspecified atom stereocenters. The minimum atomic E-state index is 0.737. The summed E-state index contributed by atoms with van der Waals surface area (Å²) in [5.41, 5.74) is 4.54. The number of benzene rings is 2. The van der Waals surface area contributed by atoms with Crippen molar-refractivity contribution in [3.8, 4) is 5.69 Å². The summed E-state index contributed by atoms with van der Waals surface area (Å²) in [5, 5.41) is 0. The van der Waals surface area contributed by atoms with Crippen molar-refractivity contribution in [3.05, 3.63) is 56.4 Å². The number of aryl methyl sites for hydroxylation is 1. The first-order chi connectivity index (χ1) is 8.66. The molecule has 0 aliphatic heterocycles. The number of hydrogen-bond acceptors (Lipinski definition) is 1. The van der Waals surface area contributed by atoms with Gasteiger partial charge in [-0.2, -0.15) is 0 Å². The van der Waals surface area contributed by atoms with Crippen molar-refractivity contribution < 1.29 is 0 Å². The Morgan fingerprint density at radius 2 is 1.83 bits per heavy atom. The first-order valence-corrected chi connectivity index (χ1v) is 7.12. The van der Waals surface area contributed by atoms with E-state index in [1.54, 1.807) is 0 Å². The number of halogens is 1. The van der Waals surface area contributed by atoms with E-state index in [1.165, 1.54) is 9.13 Å². The molecule has 0 saturated heterocycles. The first-order valence-electron chi connectivity index (χ1n) is 5.63. The summed E-state index contributed by atoms with van der Waals surface area (Å²) < 4.78 is 4.03. The lowest BCUT2D eigenvalue weighted by Crippen LogP contribution is -1.93. The second-order valence-electron chi connectivity index (χ2n) is 4.21. The van der Waals surface area contributed by atoms with Crippen LogP contribution >= 0.6 is 34.8 Å². The number of hydrogen-bond donors (Lipinski definition) is 1. The number of para-hydroxylation sites is 1. The van der Waals surface area contributed by atoms with Gasteiger partial charge in [-0.1, -0.05) is 12.1 Å². The molecular formula is C14H11IN2S. The Labute approximate surface area is 124 Å². The molecule has 0 bridgehead atoms. The van der Waals surface area contributed by atoms with Gasteiger partial charge in [-0.25, -0.2) is 0 Å². The van der Waals surface area contributed by atoms with Crippen molar-refractivity contribution >= 4 is 45.8 Å². The number of rotatable bonds is 1. The molecule has 2 aromatic carbocycles. The van der Waals surface area contributed by atoms with Crippen LogP contribution in [0.2, 0.25) is 0 Å². The number of H-pyrrole nitrogens is 1. The second kappa shape index (κ2) is 4.51. The number of nitrogens with one attached hydrogen (secondary N) is 1. The zero-order valence-corrected chi connectivity index (χ0v) is 12.7. The monoisotopic (exact) mass is 366 g/mol. The Morgan fingerprint density at radius 1 is 1.11 bits per heavy atom. The maximum atomic E-state index is 5.43. The predicted octanol–water partition coefficient (Wildman–Crippen LogP) is 4.60. The molecule has 0 amide bonds. The molecule has 2 nitrogen and oxygen atoms in total. The molecule has 3 aromatic rings. The lowest BCUT2D eigenvalue weighted by Gasteiger charge is -2.04. The second-order valence-corrected chi connectivity index (χ2v) is 5.84. The largest absolute Gasteiger partial charge is 0.330 e. The van der Waals surface area contributed by atoms with Crippen LogP contribution in [0.1, 0.15) is 5.56 Å². The number of nitrogens with zero attached hydrogens (tertiary/aromatic N) is 1. The molecule has 1 heterocycles. The molecular weight excluding hydrogens is 355 g/mol. The smallest absolute Gasteiger partial charge is 0.182 e. The van der Waals surface area contributed by atoms with Crippen LogP contribution in [-0.4, -0.2) is 9.55 Å². The zero-order valence-electron chi connectivity index (χ0n) is 9.77. The average Bonchev–Trinajstić information content (AvgIpc) is 2.69. The van der Waals surface area contributed by atoms with Gasteiger partial charge in [-0.15, -0.1) is 0 Å². The summed E-state index contributed by atoms with van der Waals surface area (Å²) in [7, 11) is 0. The van der Waals surface area contributed by atoms with Gasteiger partial charge >= 0.3 is 0 Å². The lowest BCUT2D eigenvalue weighted by atomic mass is 10.2. The van der Waals surface area contributed by atoms with Crippen molar-refractivity contribution in [1.82, 2.24) is 9.55 Å². The van der Waals surface area contributed by atoms with Gasteiger partial charge in [0.2, 0.25) is 0 Å². The summed E-state index contributed by atoms with van der Waals surface area (Å²) >= 11 is 7.74. The Hall–Kier alpha value is -1.14. The van der Waals surface area contributed by atoms with Crippen LogP contribution in [0, 0.1) is 15.3 Å². The van der Waals surface area contributed by atoms with Gasteiger partial charge in [0.15, 0.2) is 4.77 Å². The molecule has 90 valence electrons. The fraction of sp³-hybridized carbons (Fsp3) is 0.0714. The first kappa shape index (κ1) is 11.9. The fourth-order valence-electron chi connectivity index (χ4n) is 2.12. The topological polar surface area (TPSA) is 20.7 Å². The Morgan fingerprint density at radius 3 is 2.56 bits per heavy atom. The van der Waals surface area contributed by atoms with Gasteiger partial charge < -0.3 is 4.98 Å². The quantitative estimate of drug-likeness (QED) is 0.493. The molecule has 18 heavy (non-hydrogen) atoms. The Kier molecular flexibility index (Phi) is 2.99. The van der Waals surface area contributed by atoms with Gasteiger partial charge in [-0.05, 0) is 77.6 Å². The maximum absolute atomic E-state index is 5.43. The molecule has 1 aromatic heterocycles. The normalized spacial score (nSPS) is 11.0. The van der Waals surface area contributed by atoms with Crippen molar-refractivity contribution in [2.45, 2.75) is 6.92 Å². The third kappa shape index (κ3) is 1.89. The zero-order chi connectivity index (χ0) is 12.7. The number of aromatic amines is 1. The van der Waals surface area contributed by atoms with Crippen molar-refractivity contribution in [1.29, 1.82) is 0 Å². The van der Waals surface area contributed by atoms with Gasteiger partial charge in [0.1, 0.15) is 0 Å². The third-order valence-corrected chi connectivity index (χ3v) is 4.02. The Bertz CT molecular complexity index is 769. The maximum Gasteiger partial charge on any atom is 0.182 e. The van der Waals surface area contributed by atoms with E-state index in [2.05, 4.69) is 81.5 Å². The summed E-state index contributed by atoms with van der Waals surface area (Å²) in [4.78, 5) is 3.28. The van der Waals surface area contributed by atoms with E-state index in [0.717, 1.165) is 21.5 Å². The van der Waals surface area contributed by atoms with Crippen LogP contribution in [0.25, 0.3) is 16.7 Å². The molecule has 0 saturated carbocycles. The van der Waals surface area contributed by atoms with Crippen molar-refractivity contribution in [3.63, 3.8) is 0 Å². The van der Waals surface area contributed by atoms with E-state index in [1.807, 2.05) is 0 Å². The third-order valence-electron chi connectivity index (χ3n) is 3.01. The van der Waals surface area contributed by atoms with Crippen LogP contribution < -0.4 is 0 Å². The molecule has 4 heteroatoms. The highest BCUT2D eigenvalue weighted by molar-refractivity contribution is 14.1. The molecule has 3 rings (SSSR count). The summed E-state index contributed by atoms with van der Waals surface area (Å²) in [5.74, 6) is 0. The highest BCUT2D eigenvalue weighted by Gasteiger charge is 2.07. The van der Waals surface area contributed by atoms with Gasteiger partial charge in [-0.3, -0.25) is 4.57 Å². The van der Waals surface area contributed by atoms with Gasteiger partial charge in [0.05, 0.1) is 11.0 Å².